The average molecular weight is 331 g/mol. The van der Waals surface area contributed by atoms with E-state index in [9.17, 15) is 4.79 Å². The Kier molecular flexibility index (Phi) is 5.96. The van der Waals surface area contributed by atoms with Gasteiger partial charge in [0.25, 0.3) is 0 Å². The molecule has 0 unspecified atom stereocenters. The van der Waals surface area contributed by atoms with Crippen molar-refractivity contribution in [3.05, 3.63) is 29.8 Å². The maximum absolute atomic E-state index is 12.5. The van der Waals surface area contributed by atoms with Gasteiger partial charge in [0, 0.05) is 25.7 Å². The van der Waals surface area contributed by atoms with Gasteiger partial charge < -0.3 is 19.9 Å². The molecule has 1 aromatic carbocycles. The zero-order valence-electron chi connectivity index (χ0n) is 14.7. The van der Waals surface area contributed by atoms with Crippen LogP contribution in [0.15, 0.2) is 24.3 Å². The number of urea groups is 1. The molecule has 1 aromatic rings. The van der Waals surface area contributed by atoms with Crippen molar-refractivity contribution >= 4 is 6.03 Å². The highest BCUT2D eigenvalue weighted by Gasteiger charge is 2.30. The Morgan fingerprint density at radius 2 is 2.00 bits per heavy atom. The van der Waals surface area contributed by atoms with Gasteiger partial charge in [-0.05, 0) is 56.8 Å². The molecule has 0 aliphatic carbocycles. The Morgan fingerprint density at radius 3 is 2.79 bits per heavy atom. The molecular weight excluding hydrogens is 302 g/mol. The van der Waals surface area contributed by atoms with Crippen molar-refractivity contribution in [3.63, 3.8) is 0 Å². The number of hydrogen-bond acceptors (Lipinski definition) is 3. The molecule has 2 saturated heterocycles. The van der Waals surface area contributed by atoms with Crippen LogP contribution in [0.25, 0.3) is 0 Å². The first-order chi connectivity index (χ1) is 11.8. The summed E-state index contributed by atoms with van der Waals surface area (Å²) in [5.41, 5.74) is 1.13. The summed E-state index contributed by atoms with van der Waals surface area (Å²) < 4.78 is 5.37. The summed E-state index contributed by atoms with van der Waals surface area (Å²) in [7, 11) is 1.69. The van der Waals surface area contributed by atoms with Crippen LogP contribution in [-0.4, -0.2) is 61.7 Å². The van der Waals surface area contributed by atoms with Crippen molar-refractivity contribution in [1.29, 1.82) is 0 Å². The molecule has 0 aromatic heterocycles. The highest BCUT2D eigenvalue weighted by molar-refractivity contribution is 5.74. The molecule has 0 bridgehead atoms. The fourth-order valence-electron chi connectivity index (χ4n) is 3.87. The SMILES string of the molecule is COc1ccccc1CCNC(=O)N1CCC[C@H]1CN1CCCC1. The number of benzene rings is 1. The maximum atomic E-state index is 12.5. The molecule has 0 saturated carbocycles. The van der Waals surface area contributed by atoms with Crippen molar-refractivity contribution in [3.8, 4) is 5.75 Å². The molecule has 5 nitrogen and oxygen atoms in total. The Hall–Kier alpha value is -1.75. The monoisotopic (exact) mass is 331 g/mol. The van der Waals surface area contributed by atoms with E-state index in [0.29, 0.717) is 12.6 Å². The van der Waals surface area contributed by atoms with Crippen molar-refractivity contribution in [2.45, 2.75) is 38.1 Å². The molecule has 0 spiro atoms. The van der Waals surface area contributed by atoms with Crippen LogP contribution in [0, 0.1) is 0 Å². The maximum Gasteiger partial charge on any atom is 0.317 e. The predicted octanol–water partition coefficient (Wildman–Crippen LogP) is 2.51. The third-order valence-corrected chi connectivity index (χ3v) is 5.17. The lowest BCUT2D eigenvalue weighted by Crippen LogP contribution is -2.47. The van der Waals surface area contributed by atoms with Crippen LogP contribution in [0.3, 0.4) is 0 Å². The third-order valence-electron chi connectivity index (χ3n) is 5.17. The van der Waals surface area contributed by atoms with E-state index in [0.717, 1.165) is 43.7 Å². The van der Waals surface area contributed by atoms with Gasteiger partial charge in [-0.25, -0.2) is 4.79 Å². The minimum absolute atomic E-state index is 0.0894. The van der Waals surface area contributed by atoms with Crippen molar-refractivity contribution in [2.24, 2.45) is 0 Å². The minimum atomic E-state index is 0.0894. The van der Waals surface area contributed by atoms with Gasteiger partial charge in [0.1, 0.15) is 5.75 Å². The van der Waals surface area contributed by atoms with Gasteiger partial charge in [-0.3, -0.25) is 0 Å². The van der Waals surface area contributed by atoms with Crippen LogP contribution in [0.1, 0.15) is 31.2 Å². The van der Waals surface area contributed by atoms with Crippen LogP contribution in [0.4, 0.5) is 4.79 Å². The predicted molar refractivity (Wildman–Crippen MR) is 95.5 cm³/mol. The van der Waals surface area contributed by atoms with Gasteiger partial charge in [-0.2, -0.15) is 0 Å². The summed E-state index contributed by atoms with van der Waals surface area (Å²) in [6, 6.07) is 8.46. The zero-order valence-corrected chi connectivity index (χ0v) is 14.7. The van der Waals surface area contributed by atoms with E-state index in [-0.39, 0.29) is 6.03 Å². The van der Waals surface area contributed by atoms with E-state index in [4.69, 9.17) is 4.74 Å². The lowest BCUT2D eigenvalue weighted by molar-refractivity contribution is 0.175. The molecule has 132 valence electrons. The highest BCUT2D eigenvalue weighted by atomic mass is 16.5. The van der Waals surface area contributed by atoms with E-state index in [2.05, 4.69) is 16.3 Å². The molecule has 1 atom stereocenters. The molecule has 3 rings (SSSR count). The van der Waals surface area contributed by atoms with Crippen LogP contribution < -0.4 is 10.1 Å². The van der Waals surface area contributed by atoms with Crippen molar-refractivity contribution in [1.82, 2.24) is 15.1 Å². The number of ether oxygens (including phenoxy) is 1. The zero-order chi connectivity index (χ0) is 16.8. The number of hydrogen-bond donors (Lipinski definition) is 1. The molecular formula is C19H29N3O2. The fraction of sp³-hybridized carbons (Fsp3) is 0.632. The second-order valence-electron chi connectivity index (χ2n) is 6.79. The number of carbonyl (C=O) groups excluding carboxylic acids is 1. The van der Waals surface area contributed by atoms with E-state index in [1.54, 1.807) is 7.11 Å². The largest absolute Gasteiger partial charge is 0.496 e. The first-order valence-corrected chi connectivity index (χ1v) is 9.16. The molecule has 1 N–H and O–H groups in total. The summed E-state index contributed by atoms with van der Waals surface area (Å²) in [5, 5.41) is 3.09. The number of carbonyl (C=O) groups is 1. The Morgan fingerprint density at radius 1 is 1.21 bits per heavy atom. The first kappa shape index (κ1) is 17.1. The molecule has 2 aliphatic heterocycles. The van der Waals surface area contributed by atoms with Crippen LogP contribution in [0.5, 0.6) is 5.75 Å². The summed E-state index contributed by atoms with van der Waals surface area (Å²) in [4.78, 5) is 17.1. The topological polar surface area (TPSA) is 44.8 Å². The molecule has 2 heterocycles. The van der Waals surface area contributed by atoms with Gasteiger partial charge >= 0.3 is 6.03 Å². The van der Waals surface area contributed by atoms with Crippen LogP contribution >= 0.6 is 0 Å². The van der Waals surface area contributed by atoms with E-state index >= 15 is 0 Å². The summed E-state index contributed by atoms with van der Waals surface area (Å²) in [5.74, 6) is 0.889. The molecule has 2 amide bonds. The lowest BCUT2D eigenvalue weighted by Gasteiger charge is -2.28. The Bertz CT molecular complexity index is 543. The summed E-state index contributed by atoms with van der Waals surface area (Å²) in [6.45, 7) is 4.96. The number of likely N-dealkylation sites (tertiary alicyclic amines) is 2. The Balaban J connectivity index is 1.47. The number of nitrogens with one attached hydrogen (secondary N) is 1. The standard InChI is InChI=1S/C19H29N3O2/c1-24-18-9-3-2-7-16(18)10-11-20-19(23)22-14-6-8-17(22)15-21-12-4-5-13-21/h2-3,7,9,17H,4-6,8,10-15H2,1H3,(H,20,23)/t17-/m0/s1. The van der Waals surface area contributed by atoms with Gasteiger partial charge in [0.15, 0.2) is 0 Å². The minimum Gasteiger partial charge on any atom is -0.496 e. The smallest absolute Gasteiger partial charge is 0.317 e. The molecule has 5 heteroatoms. The summed E-state index contributed by atoms with van der Waals surface area (Å²) >= 11 is 0. The molecule has 2 fully saturated rings. The first-order valence-electron chi connectivity index (χ1n) is 9.16. The van der Waals surface area contributed by atoms with E-state index in [1.165, 1.54) is 25.9 Å². The van der Waals surface area contributed by atoms with Crippen LogP contribution in [-0.2, 0) is 6.42 Å². The van der Waals surface area contributed by atoms with Gasteiger partial charge in [0.2, 0.25) is 0 Å². The quantitative estimate of drug-likeness (QED) is 0.871. The molecule has 2 aliphatic rings. The van der Waals surface area contributed by atoms with Gasteiger partial charge in [-0.15, -0.1) is 0 Å². The van der Waals surface area contributed by atoms with Gasteiger partial charge in [0.05, 0.1) is 7.11 Å². The molecule has 0 radical (unpaired) electrons. The molecule has 24 heavy (non-hydrogen) atoms. The number of methoxy groups -OCH3 is 1. The van der Waals surface area contributed by atoms with Gasteiger partial charge in [-0.1, -0.05) is 18.2 Å². The number of amides is 2. The number of para-hydroxylation sites is 1. The van der Waals surface area contributed by atoms with E-state index in [1.807, 2.05) is 23.1 Å². The fourth-order valence-corrected chi connectivity index (χ4v) is 3.87. The number of rotatable bonds is 6. The second kappa shape index (κ2) is 8.38. The summed E-state index contributed by atoms with van der Waals surface area (Å²) in [6.07, 6.45) is 5.66. The second-order valence-corrected chi connectivity index (χ2v) is 6.79. The van der Waals surface area contributed by atoms with E-state index < -0.39 is 0 Å². The van der Waals surface area contributed by atoms with Crippen molar-refractivity contribution in [2.75, 3.05) is 39.8 Å². The van der Waals surface area contributed by atoms with Crippen molar-refractivity contribution < 1.29 is 9.53 Å². The third kappa shape index (κ3) is 4.20. The Labute approximate surface area is 145 Å². The lowest BCUT2D eigenvalue weighted by atomic mass is 10.1. The van der Waals surface area contributed by atoms with Crippen LogP contribution in [0.2, 0.25) is 0 Å². The highest BCUT2D eigenvalue weighted by Crippen LogP contribution is 2.21. The average Bonchev–Trinajstić information content (AvgIpc) is 3.27. The number of nitrogens with zero attached hydrogens (tertiary/aromatic N) is 2. The normalized spacial score (nSPS) is 21.2.